The fourth-order valence-corrected chi connectivity index (χ4v) is 5.40. The number of rotatable bonds is 2. The summed E-state index contributed by atoms with van der Waals surface area (Å²) in [6, 6.07) is 8.08. The van der Waals surface area contributed by atoms with Crippen molar-refractivity contribution in [3.63, 3.8) is 0 Å². The van der Waals surface area contributed by atoms with Crippen LogP contribution in [0, 0.1) is 12.7 Å². The van der Waals surface area contributed by atoms with Gasteiger partial charge in [-0.25, -0.2) is 9.37 Å². The summed E-state index contributed by atoms with van der Waals surface area (Å²) in [6.07, 6.45) is 4.13. The minimum Gasteiger partial charge on any atom is -0.392 e. The molecule has 33 heavy (non-hydrogen) atoms. The summed E-state index contributed by atoms with van der Waals surface area (Å²) in [6.45, 7) is 2.35. The molecule has 6 rings (SSSR count). The lowest BCUT2D eigenvalue weighted by Gasteiger charge is -2.20. The van der Waals surface area contributed by atoms with Gasteiger partial charge in [-0.05, 0) is 67.6 Å². The van der Waals surface area contributed by atoms with E-state index in [1.165, 1.54) is 12.1 Å². The van der Waals surface area contributed by atoms with Crippen LogP contribution < -0.4 is 10.5 Å². The Morgan fingerprint density at radius 3 is 2.85 bits per heavy atom. The number of aliphatic hydroxyl groups is 1. The van der Waals surface area contributed by atoms with Crippen molar-refractivity contribution in [3.8, 4) is 0 Å². The minimum absolute atomic E-state index is 0.124. The Morgan fingerprint density at radius 2 is 2.06 bits per heavy atom. The number of carbonyl (C=O) groups excluding carboxylic acids is 1. The van der Waals surface area contributed by atoms with E-state index in [-0.39, 0.29) is 23.2 Å². The standard InChI is InChI=1S/C25H23FN4O3/c1-13-9-20-18(11-17(13)25(33)29-8-7-14-10-15(26)5-6-19(14)29)28-24(32)21-12-27-23(30(20)21)16-3-2-4-22(16)31/h5-6,9-12,16,22,31H,2-4,7-8H2,1H3,(H,28,32). The third-order valence-corrected chi connectivity index (χ3v) is 7.08. The maximum absolute atomic E-state index is 13.6. The van der Waals surface area contributed by atoms with E-state index in [0.29, 0.717) is 35.4 Å². The number of aliphatic hydroxyl groups excluding tert-OH is 1. The molecule has 1 amide bonds. The van der Waals surface area contributed by atoms with Gasteiger partial charge in [-0.15, -0.1) is 0 Å². The molecule has 3 heterocycles. The lowest BCUT2D eigenvalue weighted by molar-refractivity contribution is 0.0989. The average Bonchev–Trinajstić information content (AvgIpc) is 3.51. The van der Waals surface area contributed by atoms with Crippen molar-refractivity contribution < 1.29 is 14.3 Å². The number of halogens is 1. The first-order valence-electron chi connectivity index (χ1n) is 11.2. The highest BCUT2D eigenvalue weighted by molar-refractivity contribution is 6.09. The summed E-state index contributed by atoms with van der Waals surface area (Å²) in [4.78, 5) is 35.3. The van der Waals surface area contributed by atoms with E-state index < -0.39 is 6.10 Å². The number of aromatic amines is 1. The molecule has 168 valence electrons. The van der Waals surface area contributed by atoms with Gasteiger partial charge in [-0.3, -0.25) is 14.0 Å². The molecule has 1 fully saturated rings. The maximum Gasteiger partial charge on any atom is 0.274 e. The van der Waals surface area contributed by atoms with E-state index in [9.17, 15) is 19.1 Å². The van der Waals surface area contributed by atoms with Gasteiger partial charge >= 0.3 is 0 Å². The first-order valence-corrected chi connectivity index (χ1v) is 11.2. The molecule has 0 bridgehead atoms. The molecule has 4 aromatic rings. The van der Waals surface area contributed by atoms with E-state index >= 15 is 0 Å². The summed E-state index contributed by atoms with van der Waals surface area (Å²) in [5.74, 6) is 0.0634. The van der Waals surface area contributed by atoms with Crippen LogP contribution >= 0.6 is 0 Å². The highest BCUT2D eigenvalue weighted by Gasteiger charge is 2.31. The number of H-pyrrole nitrogens is 1. The van der Waals surface area contributed by atoms with E-state index in [0.717, 1.165) is 41.6 Å². The van der Waals surface area contributed by atoms with Crippen LogP contribution in [0.3, 0.4) is 0 Å². The number of aromatic nitrogens is 3. The number of nitrogens with one attached hydrogen (secondary N) is 1. The summed E-state index contributed by atoms with van der Waals surface area (Å²) >= 11 is 0. The summed E-state index contributed by atoms with van der Waals surface area (Å²) in [7, 11) is 0. The molecule has 8 heteroatoms. The van der Waals surface area contributed by atoms with E-state index in [2.05, 4.69) is 9.97 Å². The Labute approximate surface area is 188 Å². The molecule has 2 aromatic heterocycles. The number of benzene rings is 2. The smallest absolute Gasteiger partial charge is 0.274 e. The Morgan fingerprint density at radius 1 is 1.21 bits per heavy atom. The number of aryl methyl sites for hydroxylation is 1. The molecular formula is C25H23FN4O3. The van der Waals surface area contributed by atoms with Gasteiger partial charge in [-0.2, -0.15) is 0 Å². The molecule has 1 aliphatic carbocycles. The van der Waals surface area contributed by atoms with Gasteiger partial charge in [0.25, 0.3) is 11.5 Å². The molecule has 0 radical (unpaired) electrons. The zero-order valence-electron chi connectivity index (χ0n) is 18.1. The molecule has 1 saturated carbocycles. The van der Waals surface area contributed by atoms with Crippen LogP contribution in [0.4, 0.5) is 10.1 Å². The number of anilines is 1. The maximum atomic E-state index is 13.6. The highest BCUT2D eigenvalue weighted by atomic mass is 19.1. The molecule has 2 aromatic carbocycles. The molecule has 1 aliphatic heterocycles. The predicted octanol–water partition coefficient (Wildman–Crippen LogP) is 3.45. The third-order valence-electron chi connectivity index (χ3n) is 7.08. The van der Waals surface area contributed by atoms with E-state index in [1.54, 1.807) is 23.2 Å². The molecule has 2 N–H and O–H groups in total. The molecule has 2 atom stereocenters. The van der Waals surface area contributed by atoms with Gasteiger partial charge in [-0.1, -0.05) is 6.42 Å². The number of fused-ring (bicyclic) bond motifs is 4. The van der Waals surface area contributed by atoms with Gasteiger partial charge in [0.05, 0.1) is 23.3 Å². The van der Waals surface area contributed by atoms with Gasteiger partial charge in [0.2, 0.25) is 0 Å². The molecule has 2 aliphatic rings. The Balaban J connectivity index is 1.49. The number of nitrogens with zero attached hydrogens (tertiary/aromatic N) is 3. The Bertz CT molecular complexity index is 1510. The summed E-state index contributed by atoms with van der Waals surface area (Å²) < 4.78 is 15.4. The largest absolute Gasteiger partial charge is 0.392 e. The SMILES string of the molecule is Cc1cc2c(cc1C(=O)N1CCc3cc(F)ccc31)[nH]c(=O)c1cnc(C3CCCC3O)n12. The lowest BCUT2D eigenvalue weighted by Crippen LogP contribution is -2.29. The second-order valence-corrected chi connectivity index (χ2v) is 9.06. The van der Waals surface area contributed by atoms with Crippen molar-refractivity contribution in [2.45, 2.75) is 44.6 Å². The molecule has 0 saturated heterocycles. The van der Waals surface area contributed by atoms with Gasteiger partial charge < -0.3 is 15.0 Å². The molecule has 2 unspecified atom stereocenters. The monoisotopic (exact) mass is 446 g/mol. The second-order valence-electron chi connectivity index (χ2n) is 9.06. The summed E-state index contributed by atoms with van der Waals surface area (Å²) in [5, 5.41) is 10.4. The van der Waals surface area contributed by atoms with Crippen LogP contribution in [0.2, 0.25) is 0 Å². The van der Waals surface area contributed by atoms with Crippen LogP contribution in [0.25, 0.3) is 16.6 Å². The van der Waals surface area contributed by atoms with Crippen LogP contribution in [0.5, 0.6) is 0 Å². The van der Waals surface area contributed by atoms with Crippen molar-refractivity contribution in [2.24, 2.45) is 0 Å². The zero-order valence-corrected chi connectivity index (χ0v) is 18.1. The first kappa shape index (κ1) is 20.1. The third kappa shape index (κ3) is 3.01. The lowest BCUT2D eigenvalue weighted by atomic mass is 10.0. The van der Waals surface area contributed by atoms with E-state index in [1.807, 2.05) is 17.4 Å². The molecule has 7 nitrogen and oxygen atoms in total. The van der Waals surface area contributed by atoms with Gasteiger partial charge in [0, 0.05) is 23.7 Å². The topological polar surface area (TPSA) is 90.7 Å². The predicted molar refractivity (Wildman–Crippen MR) is 122 cm³/mol. The zero-order chi connectivity index (χ0) is 22.9. The number of carbonyl (C=O) groups is 1. The molecular weight excluding hydrogens is 423 g/mol. The minimum atomic E-state index is -0.480. The van der Waals surface area contributed by atoms with Crippen LogP contribution in [0.1, 0.15) is 52.5 Å². The number of amides is 1. The number of hydrogen-bond acceptors (Lipinski definition) is 4. The number of imidazole rings is 1. The van der Waals surface area contributed by atoms with Crippen molar-refractivity contribution in [3.05, 3.63) is 75.2 Å². The van der Waals surface area contributed by atoms with Gasteiger partial charge in [0.1, 0.15) is 17.2 Å². The fraction of sp³-hybridized carbons (Fsp3) is 0.320. The Hall–Kier alpha value is -3.52. The summed E-state index contributed by atoms with van der Waals surface area (Å²) in [5.41, 5.74) is 4.19. The van der Waals surface area contributed by atoms with Crippen LogP contribution in [-0.4, -0.2) is 38.0 Å². The van der Waals surface area contributed by atoms with Crippen LogP contribution in [-0.2, 0) is 6.42 Å². The van der Waals surface area contributed by atoms with Crippen molar-refractivity contribution in [2.75, 3.05) is 11.4 Å². The van der Waals surface area contributed by atoms with Crippen LogP contribution in [0.15, 0.2) is 41.3 Å². The van der Waals surface area contributed by atoms with E-state index in [4.69, 9.17) is 0 Å². The van der Waals surface area contributed by atoms with Gasteiger partial charge in [0.15, 0.2) is 0 Å². The number of hydrogen-bond donors (Lipinski definition) is 2. The Kier molecular flexibility index (Phi) is 4.42. The quantitative estimate of drug-likeness (QED) is 0.494. The average molecular weight is 446 g/mol. The highest BCUT2D eigenvalue weighted by Crippen LogP contribution is 2.35. The van der Waals surface area contributed by atoms with Crippen molar-refractivity contribution in [1.82, 2.24) is 14.4 Å². The molecule has 0 spiro atoms. The fourth-order valence-electron chi connectivity index (χ4n) is 5.40. The second kappa shape index (κ2) is 7.25. The normalized spacial score (nSPS) is 20.2. The van der Waals surface area contributed by atoms with Crippen molar-refractivity contribution >= 4 is 28.1 Å². The first-order chi connectivity index (χ1) is 15.9. The van der Waals surface area contributed by atoms with Crippen molar-refractivity contribution in [1.29, 1.82) is 0 Å².